The molecule has 0 unspecified atom stereocenters. The first kappa shape index (κ1) is 12.1. The molecule has 1 aromatic heterocycles. The molecular weight excluding hydrogens is 236 g/mol. The first-order valence-corrected chi connectivity index (χ1v) is 6.05. The number of aromatic nitrogens is 1. The van der Waals surface area contributed by atoms with Crippen molar-refractivity contribution in [1.29, 1.82) is 0 Å². The van der Waals surface area contributed by atoms with Crippen LogP contribution in [-0.4, -0.2) is 34.6 Å². The lowest BCUT2D eigenvalue weighted by atomic mass is 10.2. The van der Waals surface area contributed by atoms with Gasteiger partial charge >= 0.3 is 5.97 Å². The normalized spacial score (nSPS) is 10.0. The van der Waals surface area contributed by atoms with Crippen molar-refractivity contribution in [2.75, 3.05) is 23.9 Å². The van der Waals surface area contributed by atoms with Gasteiger partial charge in [0.25, 0.3) is 0 Å². The van der Waals surface area contributed by atoms with E-state index in [1.54, 1.807) is 11.8 Å². The summed E-state index contributed by atoms with van der Waals surface area (Å²) in [6, 6.07) is 2.91. The zero-order chi connectivity index (χ0) is 11.3. The van der Waals surface area contributed by atoms with Gasteiger partial charge in [0, 0.05) is 12.3 Å². The number of anilines is 1. The molecule has 0 aliphatic rings. The van der Waals surface area contributed by atoms with E-state index in [2.05, 4.69) is 10.3 Å². The quantitative estimate of drug-likeness (QED) is 0.616. The summed E-state index contributed by atoms with van der Waals surface area (Å²) in [6.07, 6.45) is 1.98. The molecular formula is C9H11ClN2O2S. The van der Waals surface area contributed by atoms with Gasteiger partial charge in [-0.25, -0.2) is 9.78 Å². The molecule has 4 nitrogen and oxygen atoms in total. The number of nitrogens with zero attached hydrogens (tertiary/aromatic N) is 1. The highest BCUT2D eigenvalue weighted by Gasteiger charge is 2.11. The van der Waals surface area contributed by atoms with Gasteiger partial charge in [0.2, 0.25) is 0 Å². The summed E-state index contributed by atoms with van der Waals surface area (Å²) in [5.41, 5.74) is 0.139. The number of thioether (sulfide) groups is 1. The fraction of sp³-hybridized carbons (Fsp3) is 0.333. The van der Waals surface area contributed by atoms with Crippen molar-refractivity contribution in [3.8, 4) is 0 Å². The standard InChI is InChI=1S/C9H11ClN2O2S/c1-15-5-4-11-8-6(9(13)14)2-3-7(10)12-8/h2-3H,4-5H2,1H3,(H,11,12)(H,13,14). The number of hydrogen-bond acceptors (Lipinski definition) is 4. The molecule has 15 heavy (non-hydrogen) atoms. The average Bonchev–Trinajstić information content (AvgIpc) is 2.18. The SMILES string of the molecule is CSCCNc1nc(Cl)ccc1C(=O)O. The van der Waals surface area contributed by atoms with Crippen LogP contribution in [0.15, 0.2) is 12.1 Å². The Labute approximate surface area is 97.0 Å². The van der Waals surface area contributed by atoms with E-state index in [-0.39, 0.29) is 10.7 Å². The predicted molar refractivity (Wildman–Crippen MR) is 63.1 cm³/mol. The highest BCUT2D eigenvalue weighted by molar-refractivity contribution is 7.98. The Bertz CT molecular complexity index is 360. The minimum absolute atomic E-state index is 0.139. The molecule has 0 bridgehead atoms. The summed E-state index contributed by atoms with van der Waals surface area (Å²) >= 11 is 7.35. The van der Waals surface area contributed by atoms with E-state index in [9.17, 15) is 4.79 Å². The molecule has 0 radical (unpaired) electrons. The Kier molecular flexibility index (Phi) is 4.71. The number of aromatic carboxylic acids is 1. The molecule has 0 saturated carbocycles. The van der Waals surface area contributed by atoms with E-state index in [1.165, 1.54) is 12.1 Å². The minimum atomic E-state index is -1.01. The molecule has 2 N–H and O–H groups in total. The molecule has 0 amide bonds. The van der Waals surface area contributed by atoms with Crippen LogP contribution >= 0.6 is 23.4 Å². The van der Waals surface area contributed by atoms with Crippen molar-refractivity contribution < 1.29 is 9.90 Å². The maximum Gasteiger partial charge on any atom is 0.339 e. The summed E-state index contributed by atoms with van der Waals surface area (Å²) in [5, 5.41) is 12.1. The third-order valence-electron chi connectivity index (χ3n) is 1.69. The zero-order valence-electron chi connectivity index (χ0n) is 8.16. The maximum absolute atomic E-state index is 10.8. The van der Waals surface area contributed by atoms with Crippen LogP contribution in [0, 0.1) is 0 Å². The van der Waals surface area contributed by atoms with Crippen molar-refractivity contribution >= 4 is 35.1 Å². The summed E-state index contributed by atoms with van der Waals surface area (Å²) in [6.45, 7) is 0.661. The first-order chi connectivity index (χ1) is 7.15. The highest BCUT2D eigenvalue weighted by atomic mass is 35.5. The van der Waals surface area contributed by atoms with Gasteiger partial charge in [-0.3, -0.25) is 0 Å². The first-order valence-electron chi connectivity index (χ1n) is 4.28. The van der Waals surface area contributed by atoms with Gasteiger partial charge in [0.15, 0.2) is 0 Å². The van der Waals surface area contributed by atoms with Crippen LogP contribution in [0.4, 0.5) is 5.82 Å². The van der Waals surface area contributed by atoms with Gasteiger partial charge in [0.05, 0.1) is 0 Å². The third kappa shape index (κ3) is 3.60. The summed E-state index contributed by atoms with van der Waals surface area (Å²) in [4.78, 5) is 14.8. The molecule has 1 heterocycles. The number of carbonyl (C=O) groups is 1. The van der Waals surface area contributed by atoms with Crippen LogP contribution in [0.3, 0.4) is 0 Å². The van der Waals surface area contributed by atoms with Crippen molar-refractivity contribution in [2.45, 2.75) is 0 Å². The fourth-order valence-corrected chi connectivity index (χ4v) is 1.47. The lowest BCUT2D eigenvalue weighted by Gasteiger charge is -2.07. The van der Waals surface area contributed by atoms with Crippen LogP contribution in [0.2, 0.25) is 5.15 Å². The van der Waals surface area contributed by atoms with Crippen LogP contribution in [0.25, 0.3) is 0 Å². The molecule has 0 aromatic carbocycles. The lowest BCUT2D eigenvalue weighted by molar-refractivity contribution is 0.0697. The van der Waals surface area contributed by atoms with E-state index < -0.39 is 5.97 Å². The smallest absolute Gasteiger partial charge is 0.339 e. The van der Waals surface area contributed by atoms with Crippen molar-refractivity contribution in [3.63, 3.8) is 0 Å². The minimum Gasteiger partial charge on any atom is -0.478 e. The Morgan fingerprint density at radius 1 is 1.67 bits per heavy atom. The molecule has 0 fully saturated rings. The summed E-state index contributed by atoms with van der Waals surface area (Å²) in [5.74, 6) is 0.197. The molecule has 0 spiro atoms. The average molecular weight is 247 g/mol. The number of rotatable bonds is 5. The summed E-state index contributed by atoms with van der Waals surface area (Å²) in [7, 11) is 0. The molecule has 0 aliphatic heterocycles. The van der Waals surface area contributed by atoms with E-state index in [0.717, 1.165) is 5.75 Å². The molecule has 1 rings (SSSR count). The van der Waals surface area contributed by atoms with Gasteiger partial charge in [-0.1, -0.05) is 11.6 Å². The second kappa shape index (κ2) is 5.82. The fourth-order valence-electron chi connectivity index (χ4n) is 1.01. The van der Waals surface area contributed by atoms with Gasteiger partial charge in [0.1, 0.15) is 16.5 Å². The Balaban J connectivity index is 2.82. The third-order valence-corrected chi connectivity index (χ3v) is 2.51. The number of carboxylic acid groups (broad SMARTS) is 1. The monoisotopic (exact) mass is 246 g/mol. The van der Waals surface area contributed by atoms with Gasteiger partial charge in [-0.05, 0) is 18.4 Å². The van der Waals surface area contributed by atoms with Gasteiger partial charge < -0.3 is 10.4 Å². The van der Waals surface area contributed by atoms with E-state index >= 15 is 0 Å². The Morgan fingerprint density at radius 2 is 2.40 bits per heavy atom. The second-order valence-corrected chi connectivity index (χ2v) is 4.13. The zero-order valence-corrected chi connectivity index (χ0v) is 9.73. The summed E-state index contributed by atoms with van der Waals surface area (Å²) < 4.78 is 0. The van der Waals surface area contributed by atoms with E-state index in [0.29, 0.717) is 12.4 Å². The van der Waals surface area contributed by atoms with Crippen molar-refractivity contribution in [3.05, 3.63) is 22.8 Å². The molecule has 0 saturated heterocycles. The Morgan fingerprint density at radius 3 is 3.00 bits per heavy atom. The van der Waals surface area contributed by atoms with E-state index in [1.807, 2.05) is 6.26 Å². The largest absolute Gasteiger partial charge is 0.478 e. The predicted octanol–water partition coefficient (Wildman–Crippen LogP) is 2.21. The highest BCUT2D eigenvalue weighted by Crippen LogP contribution is 2.16. The van der Waals surface area contributed by atoms with Crippen molar-refractivity contribution in [2.24, 2.45) is 0 Å². The van der Waals surface area contributed by atoms with E-state index in [4.69, 9.17) is 16.7 Å². The van der Waals surface area contributed by atoms with Crippen molar-refractivity contribution in [1.82, 2.24) is 4.98 Å². The molecule has 0 aliphatic carbocycles. The number of pyridine rings is 1. The Hall–Kier alpha value is -0.940. The molecule has 1 aromatic rings. The number of halogens is 1. The lowest BCUT2D eigenvalue weighted by Crippen LogP contribution is -2.10. The van der Waals surface area contributed by atoms with Crippen LogP contribution in [-0.2, 0) is 0 Å². The molecule has 6 heteroatoms. The van der Waals surface area contributed by atoms with Gasteiger partial charge in [-0.2, -0.15) is 11.8 Å². The molecule has 82 valence electrons. The topological polar surface area (TPSA) is 62.2 Å². The van der Waals surface area contributed by atoms with Crippen LogP contribution in [0.1, 0.15) is 10.4 Å². The van der Waals surface area contributed by atoms with Crippen LogP contribution < -0.4 is 5.32 Å². The number of carboxylic acids is 1. The van der Waals surface area contributed by atoms with Crippen LogP contribution in [0.5, 0.6) is 0 Å². The number of hydrogen-bond donors (Lipinski definition) is 2. The number of nitrogens with one attached hydrogen (secondary N) is 1. The second-order valence-electron chi connectivity index (χ2n) is 2.75. The maximum atomic E-state index is 10.8. The van der Waals surface area contributed by atoms with Gasteiger partial charge in [-0.15, -0.1) is 0 Å². The molecule has 0 atom stereocenters.